The van der Waals surface area contributed by atoms with Crippen molar-refractivity contribution in [3.05, 3.63) is 152 Å². The molecule has 0 atom stereocenters. The van der Waals surface area contributed by atoms with Gasteiger partial charge in [0.25, 0.3) is 0 Å². The van der Waals surface area contributed by atoms with Crippen LogP contribution >= 0.6 is 0 Å². The van der Waals surface area contributed by atoms with E-state index in [1.54, 1.807) is 18.3 Å². The quantitative estimate of drug-likeness (QED) is 0.164. The smallest absolute Gasteiger partial charge is 0.188 e. The summed E-state index contributed by atoms with van der Waals surface area (Å²) in [6, 6.07) is 47.5. The fourth-order valence-electron chi connectivity index (χ4n) is 5.95. The number of aryl methyl sites for hydroxylation is 2. The minimum atomic E-state index is -2.25. The van der Waals surface area contributed by atoms with Crippen LogP contribution in [-0.4, -0.2) is 18.7 Å². The summed E-state index contributed by atoms with van der Waals surface area (Å²) in [5, 5.41) is 2.03. The molecule has 0 spiro atoms. The van der Waals surface area contributed by atoms with Crippen LogP contribution in [0.1, 0.15) is 9.68 Å². The first-order valence-corrected chi connectivity index (χ1v) is 14.1. The van der Waals surface area contributed by atoms with Crippen molar-refractivity contribution in [3.63, 3.8) is 0 Å². The van der Waals surface area contributed by atoms with Crippen molar-refractivity contribution in [3.8, 4) is 11.5 Å². The number of aromatic nitrogens is 4. The minimum Gasteiger partial charge on any atom is -0.358 e. The third kappa shape index (κ3) is 4.61. The number of pyridine rings is 1. The Morgan fingerprint density at radius 1 is 0.727 bits per heavy atom. The van der Waals surface area contributed by atoms with Crippen LogP contribution in [0.25, 0.3) is 44.3 Å². The monoisotopic (exact) mass is 752 g/mol. The molecule has 3 aromatic heterocycles. The van der Waals surface area contributed by atoms with Gasteiger partial charge < -0.3 is 9.47 Å². The van der Waals surface area contributed by atoms with Gasteiger partial charge in [0, 0.05) is 67.4 Å². The van der Waals surface area contributed by atoms with Gasteiger partial charge in [-0.25, -0.2) is 14.1 Å². The summed E-state index contributed by atoms with van der Waals surface area (Å²) in [6.07, 6.45) is 3.63. The summed E-state index contributed by atoms with van der Waals surface area (Å²) in [5.41, 5.74) is 7.72. The Morgan fingerprint density at radius 3 is 2.32 bits per heavy atom. The Balaban J connectivity index is 0.00000351. The Labute approximate surface area is 274 Å². The molecule has 0 radical (unpaired) electrons. The zero-order valence-electron chi connectivity index (χ0n) is 26.8. The normalized spacial score (nSPS) is 12.5. The molecule has 216 valence electrons. The van der Waals surface area contributed by atoms with Crippen LogP contribution in [0.5, 0.6) is 0 Å². The van der Waals surface area contributed by atoms with Gasteiger partial charge in [-0.3, -0.25) is 0 Å². The maximum atomic E-state index is 8.00. The second-order valence-electron chi connectivity index (χ2n) is 10.5. The van der Waals surface area contributed by atoms with Gasteiger partial charge in [-0.15, -0.1) is 29.7 Å². The molecular formula is C38H28N5Pt-. The van der Waals surface area contributed by atoms with Gasteiger partial charge in [0.2, 0.25) is 0 Å². The zero-order valence-corrected chi connectivity index (χ0v) is 26.0. The predicted octanol–water partition coefficient (Wildman–Crippen LogP) is 9.12. The van der Waals surface area contributed by atoms with Crippen molar-refractivity contribution in [2.75, 3.05) is 4.90 Å². The molecule has 0 fully saturated rings. The molecule has 0 N–H and O–H groups in total. The van der Waals surface area contributed by atoms with Crippen LogP contribution in [-0.2, 0) is 28.1 Å². The fraction of sp³-hybridized carbons (Fsp3) is 0.0526. The molecule has 0 aliphatic carbocycles. The van der Waals surface area contributed by atoms with Gasteiger partial charge in [-0.05, 0) is 60.3 Å². The second kappa shape index (κ2) is 11.3. The number of hydrogen-bond acceptors (Lipinski definition) is 2. The maximum Gasteiger partial charge on any atom is 0.188 e. The number of rotatable bonds is 5. The van der Waals surface area contributed by atoms with Crippen LogP contribution in [0.15, 0.2) is 134 Å². The Morgan fingerprint density at radius 2 is 1.48 bits per heavy atom. The first-order valence-electron chi connectivity index (χ1n) is 15.6. The maximum absolute atomic E-state index is 8.00. The topological polar surface area (TPSA) is 30.9 Å². The molecule has 3 heterocycles. The molecule has 5 nitrogen and oxygen atoms in total. The number of anilines is 3. The van der Waals surface area contributed by atoms with Crippen LogP contribution in [0.3, 0.4) is 0 Å². The number of fused-ring (bicyclic) bond motifs is 4. The van der Waals surface area contributed by atoms with Crippen molar-refractivity contribution in [2.24, 2.45) is 7.05 Å². The van der Waals surface area contributed by atoms with Crippen molar-refractivity contribution < 1.29 is 25.2 Å². The van der Waals surface area contributed by atoms with Crippen LogP contribution in [0, 0.1) is 19.0 Å². The van der Waals surface area contributed by atoms with Gasteiger partial charge in [0.05, 0.1) is 0 Å². The SMILES string of the molecule is [2H]C([2H])([2H])c1ccnc(-n2c3[c-]c(N(c4[c-]c(-n5[cH+]n(C)c6ccccc65)ccc4)c4ccccc4)ccc3c3ccccc32)c1.[Pt]. The average molecular weight is 753 g/mol. The van der Waals surface area contributed by atoms with Gasteiger partial charge in [-0.1, -0.05) is 59.4 Å². The summed E-state index contributed by atoms with van der Waals surface area (Å²) < 4.78 is 30.3. The summed E-state index contributed by atoms with van der Waals surface area (Å²) in [5.74, 6) is 0.528. The van der Waals surface area contributed by atoms with Gasteiger partial charge in [0.1, 0.15) is 5.82 Å². The molecule has 0 amide bonds. The van der Waals surface area contributed by atoms with Crippen LogP contribution < -0.4 is 4.90 Å². The Hall–Kier alpha value is -4.99. The van der Waals surface area contributed by atoms with Crippen LogP contribution in [0.2, 0.25) is 0 Å². The molecule has 0 aliphatic rings. The first kappa shape index (κ1) is 24.5. The number of imidazole rings is 1. The van der Waals surface area contributed by atoms with E-state index in [1.807, 2.05) is 66.2 Å². The molecule has 0 bridgehead atoms. The molecule has 6 heteroatoms. The summed E-state index contributed by atoms with van der Waals surface area (Å²) in [6.45, 7) is -2.25. The van der Waals surface area contributed by atoms with Gasteiger partial charge in [0.15, 0.2) is 17.4 Å². The van der Waals surface area contributed by atoms with Crippen molar-refractivity contribution in [2.45, 2.75) is 6.85 Å². The van der Waals surface area contributed by atoms with E-state index in [0.717, 1.165) is 55.6 Å². The summed E-state index contributed by atoms with van der Waals surface area (Å²) in [7, 11) is 2.05. The van der Waals surface area contributed by atoms with E-state index in [1.165, 1.54) is 0 Å². The fourth-order valence-corrected chi connectivity index (χ4v) is 5.95. The zero-order chi connectivity index (χ0) is 31.4. The van der Waals surface area contributed by atoms with E-state index in [-0.39, 0.29) is 26.6 Å². The Bertz CT molecular complexity index is 2400. The van der Waals surface area contributed by atoms with Crippen LogP contribution in [0.4, 0.5) is 17.1 Å². The van der Waals surface area contributed by atoms with E-state index in [4.69, 9.17) is 4.11 Å². The second-order valence-corrected chi connectivity index (χ2v) is 10.5. The summed E-state index contributed by atoms with van der Waals surface area (Å²) in [4.78, 5) is 6.77. The van der Waals surface area contributed by atoms with E-state index in [9.17, 15) is 0 Å². The number of hydrogen-bond donors (Lipinski definition) is 0. The molecule has 5 aromatic carbocycles. The van der Waals surface area contributed by atoms with E-state index < -0.39 is 6.85 Å². The van der Waals surface area contributed by atoms with Crippen molar-refractivity contribution in [1.29, 1.82) is 0 Å². The largest absolute Gasteiger partial charge is 0.358 e. The van der Waals surface area contributed by atoms with Gasteiger partial charge in [-0.2, -0.15) is 12.1 Å². The van der Waals surface area contributed by atoms with Crippen molar-refractivity contribution >= 4 is 49.9 Å². The molecule has 0 saturated carbocycles. The molecule has 44 heavy (non-hydrogen) atoms. The van der Waals surface area contributed by atoms with E-state index in [2.05, 4.69) is 92.1 Å². The molecule has 8 aromatic rings. The number of benzene rings is 5. The van der Waals surface area contributed by atoms with E-state index in [0.29, 0.717) is 5.82 Å². The predicted molar refractivity (Wildman–Crippen MR) is 176 cm³/mol. The van der Waals surface area contributed by atoms with Crippen molar-refractivity contribution in [1.82, 2.24) is 18.7 Å². The van der Waals surface area contributed by atoms with Gasteiger partial charge >= 0.3 is 0 Å². The standard InChI is InChI=1S/C38H28N5.Pt/c1-27-21-22-39-38(23-27)43-34-16-7-6-15-32(34)33-20-19-31(25-37(33)43)42(28-11-4-3-5-12-28)30-14-10-13-29(24-30)41-26-40(2)35-17-8-9-18-36(35)41;/h3-23,26H,1-2H3;/q-1;/i1D3;. The molecule has 0 saturated heterocycles. The molecule has 0 aliphatic heterocycles. The molecule has 8 rings (SSSR count). The third-order valence-electron chi connectivity index (χ3n) is 7.87. The number of para-hydroxylation sites is 4. The molecule has 0 unspecified atom stereocenters. The average Bonchev–Trinajstić information content (AvgIpc) is 3.60. The molecular weight excluding hydrogens is 722 g/mol. The third-order valence-corrected chi connectivity index (χ3v) is 7.87. The number of nitrogens with zero attached hydrogens (tertiary/aromatic N) is 5. The minimum absolute atomic E-state index is 0. The van der Waals surface area contributed by atoms with E-state index >= 15 is 0 Å². The summed E-state index contributed by atoms with van der Waals surface area (Å²) >= 11 is 0. The first-order chi connectivity index (χ1) is 22.4. The Kier molecular flexibility index (Phi) is 6.25.